The van der Waals surface area contributed by atoms with Gasteiger partial charge in [0.25, 0.3) is 0 Å². The van der Waals surface area contributed by atoms with Crippen molar-refractivity contribution in [3.63, 3.8) is 0 Å². The molecule has 3 aromatic rings. The summed E-state index contributed by atoms with van der Waals surface area (Å²) in [5.41, 5.74) is 9.29. The van der Waals surface area contributed by atoms with Crippen molar-refractivity contribution in [2.45, 2.75) is 26.2 Å². The SMILES string of the molecule is Cc1ccc(C2Cc3cnc(C)cc3-c3ccccc32)cc1. The van der Waals surface area contributed by atoms with E-state index in [0.717, 1.165) is 12.1 Å². The van der Waals surface area contributed by atoms with E-state index >= 15 is 0 Å². The van der Waals surface area contributed by atoms with Crippen LogP contribution in [0.5, 0.6) is 0 Å². The Kier molecular flexibility index (Phi) is 3.07. The lowest BCUT2D eigenvalue weighted by Crippen LogP contribution is -2.13. The molecule has 108 valence electrons. The summed E-state index contributed by atoms with van der Waals surface area (Å²) in [6, 6.07) is 20.0. The Morgan fingerprint density at radius 1 is 0.909 bits per heavy atom. The number of hydrogen-bond donors (Lipinski definition) is 0. The van der Waals surface area contributed by atoms with Crippen LogP contribution in [0.2, 0.25) is 0 Å². The normalized spacial score (nSPS) is 16.0. The van der Waals surface area contributed by atoms with E-state index in [1.54, 1.807) is 0 Å². The maximum absolute atomic E-state index is 4.51. The second-order valence-electron chi connectivity index (χ2n) is 6.24. The Morgan fingerprint density at radius 2 is 1.68 bits per heavy atom. The highest BCUT2D eigenvalue weighted by molar-refractivity contribution is 5.75. The van der Waals surface area contributed by atoms with Gasteiger partial charge in [-0.1, -0.05) is 54.1 Å². The standard InChI is InChI=1S/C21H19N/c1-14-7-9-16(10-8-14)21-12-17-13-22-15(2)11-20(17)18-5-3-4-6-19(18)21/h3-11,13,21H,12H2,1-2H3. The van der Waals surface area contributed by atoms with Crippen molar-refractivity contribution >= 4 is 0 Å². The summed E-state index contributed by atoms with van der Waals surface area (Å²) < 4.78 is 0. The molecule has 0 aliphatic heterocycles. The Morgan fingerprint density at radius 3 is 2.50 bits per heavy atom. The van der Waals surface area contributed by atoms with Crippen LogP contribution in [0.1, 0.15) is 33.9 Å². The zero-order valence-corrected chi connectivity index (χ0v) is 13.0. The maximum atomic E-state index is 4.51. The van der Waals surface area contributed by atoms with Crippen LogP contribution in [-0.4, -0.2) is 4.98 Å². The summed E-state index contributed by atoms with van der Waals surface area (Å²) in [6.45, 7) is 4.20. The second-order valence-corrected chi connectivity index (χ2v) is 6.24. The Balaban J connectivity index is 1.90. The largest absolute Gasteiger partial charge is 0.261 e. The van der Waals surface area contributed by atoms with Gasteiger partial charge in [0.2, 0.25) is 0 Å². The average Bonchev–Trinajstić information content (AvgIpc) is 2.55. The zero-order chi connectivity index (χ0) is 15.1. The van der Waals surface area contributed by atoms with Gasteiger partial charge in [0.05, 0.1) is 0 Å². The van der Waals surface area contributed by atoms with Crippen molar-refractivity contribution in [1.29, 1.82) is 0 Å². The molecule has 1 nitrogen and oxygen atoms in total. The first-order chi connectivity index (χ1) is 10.7. The fraction of sp³-hybridized carbons (Fsp3) is 0.190. The van der Waals surface area contributed by atoms with E-state index in [0.29, 0.717) is 5.92 Å². The molecular formula is C21H19N. The quantitative estimate of drug-likeness (QED) is 0.609. The first kappa shape index (κ1) is 13.3. The summed E-state index contributed by atoms with van der Waals surface area (Å²) in [4.78, 5) is 4.51. The summed E-state index contributed by atoms with van der Waals surface area (Å²) in [5.74, 6) is 0.425. The van der Waals surface area contributed by atoms with Gasteiger partial charge in [0.15, 0.2) is 0 Å². The third kappa shape index (κ3) is 2.14. The van der Waals surface area contributed by atoms with Crippen LogP contribution in [0, 0.1) is 13.8 Å². The lowest BCUT2D eigenvalue weighted by molar-refractivity contribution is 0.788. The molecule has 0 bridgehead atoms. The van der Waals surface area contributed by atoms with Crippen molar-refractivity contribution in [3.8, 4) is 11.1 Å². The molecule has 1 unspecified atom stereocenters. The van der Waals surface area contributed by atoms with Crippen molar-refractivity contribution in [3.05, 3.63) is 88.7 Å². The Labute approximate surface area is 131 Å². The van der Waals surface area contributed by atoms with E-state index in [-0.39, 0.29) is 0 Å². The molecule has 1 aliphatic carbocycles. The molecule has 22 heavy (non-hydrogen) atoms. The number of rotatable bonds is 1. The van der Waals surface area contributed by atoms with Crippen LogP contribution in [-0.2, 0) is 6.42 Å². The number of pyridine rings is 1. The molecular weight excluding hydrogens is 266 g/mol. The van der Waals surface area contributed by atoms with Crippen LogP contribution < -0.4 is 0 Å². The predicted octanol–water partition coefficient (Wildman–Crippen LogP) is 5.05. The highest BCUT2D eigenvalue weighted by Gasteiger charge is 2.25. The van der Waals surface area contributed by atoms with E-state index in [1.165, 1.54) is 33.4 Å². The maximum Gasteiger partial charge on any atom is 0.0379 e. The highest BCUT2D eigenvalue weighted by Crippen LogP contribution is 2.42. The number of aryl methyl sites for hydroxylation is 2. The summed E-state index contributed by atoms with van der Waals surface area (Å²) in [7, 11) is 0. The smallest absolute Gasteiger partial charge is 0.0379 e. The molecule has 1 aliphatic rings. The molecule has 0 saturated carbocycles. The lowest BCUT2D eigenvalue weighted by atomic mass is 9.76. The number of nitrogens with zero attached hydrogens (tertiary/aromatic N) is 1. The van der Waals surface area contributed by atoms with Gasteiger partial charge in [-0.05, 0) is 54.2 Å². The first-order valence-electron chi connectivity index (χ1n) is 7.84. The summed E-state index contributed by atoms with van der Waals surface area (Å²) in [6.07, 6.45) is 3.09. The fourth-order valence-corrected chi connectivity index (χ4v) is 3.47. The molecule has 0 amide bonds. The average molecular weight is 285 g/mol. The van der Waals surface area contributed by atoms with E-state index < -0.39 is 0 Å². The molecule has 1 heterocycles. The van der Waals surface area contributed by atoms with Gasteiger partial charge in [-0.25, -0.2) is 0 Å². The van der Waals surface area contributed by atoms with Crippen LogP contribution in [0.3, 0.4) is 0 Å². The number of aromatic nitrogens is 1. The van der Waals surface area contributed by atoms with Crippen molar-refractivity contribution < 1.29 is 0 Å². The van der Waals surface area contributed by atoms with E-state index in [1.807, 2.05) is 0 Å². The Hall–Kier alpha value is -2.41. The lowest BCUT2D eigenvalue weighted by Gasteiger charge is -2.28. The van der Waals surface area contributed by atoms with Crippen molar-refractivity contribution in [2.24, 2.45) is 0 Å². The minimum atomic E-state index is 0.425. The molecule has 1 atom stereocenters. The minimum absolute atomic E-state index is 0.425. The third-order valence-electron chi connectivity index (χ3n) is 4.65. The van der Waals surface area contributed by atoms with Gasteiger partial charge in [-0.3, -0.25) is 4.98 Å². The fourth-order valence-electron chi connectivity index (χ4n) is 3.47. The summed E-state index contributed by atoms with van der Waals surface area (Å²) >= 11 is 0. The zero-order valence-electron chi connectivity index (χ0n) is 13.0. The molecule has 0 spiro atoms. The van der Waals surface area contributed by atoms with Crippen LogP contribution in [0.25, 0.3) is 11.1 Å². The van der Waals surface area contributed by atoms with Gasteiger partial charge in [-0.15, -0.1) is 0 Å². The van der Waals surface area contributed by atoms with E-state index in [2.05, 4.69) is 79.6 Å². The monoisotopic (exact) mass is 285 g/mol. The topological polar surface area (TPSA) is 12.9 Å². The molecule has 4 rings (SSSR count). The molecule has 0 N–H and O–H groups in total. The molecule has 0 radical (unpaired) electrons. The minimum Gasteiger partial charge on any atom is -0.261 e. The van der Waals surface area contributed by atoms with Gasteiger partial charge < -0.3 is 0 Å². The summed E-state index contributed by atoms with van der Waals surface area (Å²) in [5, 5.41) is 0. The van der Waals surface area contributed by atoms with Crippen LogP contribution in [0.4, 0.5) is 0 Å². The number of fused-ring (bicyclic) bond motifs is 3. The number of hydrogen-bond acceptors (Lipinski definition) is 1. The molecule has 2 aromatic carbocycles. The highest BCUT2D eigenvalue weighted by atomic mass is 14.7. The molecule has 0 saturated heterocycles. The number of benzene rings is 2. The molecule has 0 fully saturated rings. The van der Waals surface area contributed by atoms with Crippen LogP contribution in [0.15, 0.2) is 60.8 Å². The third-order valence-corrected chi connectivity index (χ3v) is 4.65. The van der Waals surface area contributed by atoms with Crippen molar-refractivity contribution in [1.82, 2.24) is 4.98 Å². The van der Waals surface area contributed by atoms with E-state index in [9.17, 15) is 0 Å². The first-order valence-corrected chi connectivity index (χ1v) is 7.84. The van der Waals surface area contributed by atoms with Crippen molar-refractivity contribution in [2.75, 3.05) is 0 Å². The van der Waals surface area contributed by atoms with Gasteiger partial charge in [0.1, 0.15) is 0 Å². The molecule has 1 heteroatoms. The molecule has 1 aromatic heterocycles. The van der Waals surface area contributed by atoms with Gasteiger partial charge >= 0.3 is 0 Å². The Bertz CT molecular complexity index is 831. The van der Waals surface area contributed by atoms with Gasteiger partial charge in [-0.2, -0.15) is 0 Å². The van der Waals surface area contributed by atoms with Crippen LogP contribution >= 0.6 is 0 Å². The second kappa shape index (κ2) is 5.10. The predicted molar refractivity (Wildman–Crippen MR) is 91.1 cm³/mol. The van der Waals surface area contributed by atoms with E-state index in [4.69, 9.17) is 0 Å². The van der Waals surface area contributed by atoms with Gasteiger partial charge in [0, 0.05) is 17.8 Å².